The third-order valence-electron chi connectivity index (χ3n) is 4.83. The van der Waals surface area contributed by atoms with Gasteiger partial charge in [0, 0.05) is 24.7 Å². The molecule has 1 unspecified atom stereocenters. The molecule has 0 aromatic rings. The minimum absolute atomic E-state index is 0.0555. The molecule has 0 aromatic heterocycles. The molecule has 19 heavy (non-hydrogen) atoms. The molecule has 1 atom stereocenters. The summed E-state index contributed by atoms with van der Waals surface area (Å²) in [6, 6.07) is 1.92. The highest BCUT2D eigenvalue weighted by atomic mass is 16.5. The van der Waals surface area contributed by atoms with E-state index in [9.17, 15) is 0 Å². The van der Waals surface area contributed by atoms with Crippen LogP contribution in [-0.2, 0) is 4.74 Å². The maximum absolute atomic E-state index is 6.05. The van der Waals surface area contributed by atoms with Crippen molar-refractivity contribution in [3.8, 4) is 0 Å². The second-order valence-electron chi connectivity index (χ2n) is 7.06. The second-order valence-corrected chi connectivity index (χ2v) is 7.06. The Balaban J connectivity index is 1.98. The van der Waals surface area contributed by atoms with E-state index in [1.54, 1.807) is 0 Å². The van der Waals surface area contributed by atoms with Crippen molar-refractivity contribution < 1.29 is 4.74 Å². The van der Waals surface area contributed by atoms with E-state index in [2.05, 4.69) is 25.7 Å². The summed E-state index contributed by atoms with van der Waals surface area (Å²) in [4.78, 5) is 2.79. The van der Waals surface area contributed by atoms with Gasteiger partial charge in [0.2, 0.25) is 0 Å². The minimum Gasteiger partial charge on any atom is -0.375 e. The fourth-order valence-corrected chi connectivity index (χ4v) is 3.84. The topological polar surface area (TPSA) is 38.5 Å². The Labute approximate surface area is 118 Å². The second kappa shape index (κ2) is 6.55. The van der Waals surface area contributed by atoms with Gasteiger partial charge in [-0.05, 0) is 65.3 Å². The molecule has 1 aliphatic heterocycles. The highest BCUT2D eigenvalue weighted by molar-refractivity contribution is 4.90. The van der Waals surface area contributed by atoms with Crippen molar-refractivity contribution in [1.82, 2.24) is 4.90 Å². The van der Waals surface area contributed by atoms with Crippen LogP contribution in [0.4, 0.5) is 0 Å². The van der Waals surface area contributed by atoms with Crippen LogP contribution in [0.3, 0.4) is 0 Å². The van der Waals surface area contributed by atoms with Gasteiger partial charge in [-0.2, -0.15) is 0 Å². The van der Waals surface area contributed by atoms with E-state index in [1.807, 2.05) is 0 Å². The van der Waals surface area contributed by atoms with Crippen molar-refractivity contribution in [2.45, 2.75) is 89.4 Å². The summed E-state index contributed by atoms with van der Waals surface area (Å²) in [5, 5.41) is 0. The summed E-state index contributed by atoms with van der Waals surface area (Å²) < 4.78 is 5.88. The summed E-state index contributed by atoms with van der Waals surface area (Å²) in [7, 11) is 0. The van der Waals surface area contributed by atoms with Crippen LogP contribution >= 0.6 is 0 Å². The van der Waals surface area contributed by atoms with E-state index in [1.165, 1.54) is 51.5 Å². The van der Waals surface area contributed by atoms with Gasteiger partial charge in [0.1, 0.15) is 0 Å². The summed E-state index contributed by atoms with van der Waals surface area (Å²) in [5.74, 6) is 0. The molecule has 2 aliphatic rings. The highest BCUT2D eigenvalue weighted by Crippen LogP contribution is 2.32. The lowest BCUT2D eigenvalue weighted by Gasteiger charge is -2.46. The van der Waals surface area contributed by atoms with E-state index in [-0.39, 0.29) is 5.60 Å². The van der Waals surface area contributed by atoms with Crippen molar-refractivity contribution in [1.29, 1.82) is 0 Å². The molecular weight excluding hydrogens is 236 g/mol. The van der Waals surface area contributed by atoms with Gasteiger partial charge in [0.25, 0.3) is 0 Å². The van der Waals surface area contributed by atoms with Gasteiger partial charge < -0.3 is 10.5 Å². The Kier molecular flexibility index (Phi) is 5.27. The Hall–Kier alpha value is -0.120. The zero-order valence-corrected chi connectivity index (χ0v) is 13.0. The summed E-state index contributed by atoms with van der Waals surface area (Å²) >= 11 is 0. The van der Waals surface area contributed by atoms with Gasteiger partial charge in [-0.3, -0.25) is 4.90 Å². The van der Waals surface area contributed by atoms with E-state index in [0.717, 1.165) is 12.6 Å². The van der Waals surface area contributed by atoms with E-state index in [4.69, 9.17) is 10.5 Å². The Morgan fingerprint density at radius 3 is 2.37 bits per heavy atom. The molecule has 0 amide bonds. The SMILES string of the molecule is CCCN(C1CCC(N)CC1)C1CCOC(C)(C)C1. The molecule has 2 fully saturated rings. The molecule has 0 radical (unpaired) electrons. The first-order valence-corrected chi connectivity index (χ1v) is 8.17. The standard InChI is InChI=1S/C16H32N2O/c1-4-10-18(14-7-5-13(17)6-8-14)15-9-11-19-16(2,3)12-15/h13-15H,4-12,17H2,1-3H3. The van der Waals surface area contributed by atoms with Crippen LogP contribution in [-0.4, -0.2) is 41.8 Å². The molecule has 1 aliphatic carbocycles. The molecule has 0 bridgehead atoms. The molecule has 1 saturated heterocycles. The predicted molar refractivity (Wildman–Crippen MR) is 80.3 cm³/mol. The van der Waals surface area contributed by atoms with Crippen molar-refractivity contribution in [3.05, 3.63) is 0 Å². The average Bonchev–Trinajstić information content (AvgIpc) is 2.36. The molecular formula is C16H32N2O. The molecule has 3 heteroatoms. The van der Waals surface area contributed by atoms with Crippen LogP contribution < -0.4 is 5.73 Å². The largest absolute Gasteiger partial charge is 0.375 e. The summed E-state index contributed by atoms with van der Waals surface area (Å²) in [5.41, 5.74) is 6.11. The minimum atomic E-state index is 0.0555. The number of ether oxygens (including phenoxy) is 1. The monoisotopic (exact) mass is 268 g/mol. The lowest BCUT2D eigenvalue weighted by atomic mass is 9.86. The molecule has 1 heterocycles. The van der Waals surface area contributed by atoms with Gasteiger partial charge in [-0.15, -0.1) is 0 Å². The van der Waals surface area contributed by atoms with Gasteiger partial charge in [0.15, 0.2) is 0 Å². The molecule has 0 spiro atoms. The smallest absolute Gasteiger partial charge is 0.0641 e. The molecule has 2 rings (SSSR count). The normalized spacial score (nSPS) is 35.5. The number of rotatable bonds is 4. The van der Waals surface area contributed by atoms with Crippen LogP contribution in [0.25, 0.3) is 0 Å². The van der Waals surface area contributed by atoms with Gasteiger partial charge in [-0.25, -0.2) is 0 Å². The molecule has 2 N–H and O–H groups in total. The Morgan fingerprint density at radius 2 is 1.79 bits per heavy atom. The highest BCUT2D eigenvalue weighted by Gasteiger charge is 2.35. The van der Waals surface area contributed by atoms with Gasteiger partial charge in [0.05, 0.1) is 5.60 Å². The predicted octanol–water partition coefficient (Wildman–Crippen LogP) is 2.93. The number of hydrogen-bond acceptors (Lipinski definition) is 3. The number of nitrogens with two attached hydrogens (primary N) is 1. The van der Waals surface area contributed by atoms with E-state index >= 15 is 0 Å². The Morgan fingerprint density at radius 1 is 1.11 bits per heavy atom. The van der Waals surface area contributed by atoms with Crippen LogP contribution in [0.15, 0.2) is 0 Å². The first-order chi connectivity index (χ1) is 9.02. The lowest BCUT2D eigenvalue weighted by Crippen LogP contribution is -2.51. The maximum Gasteiger partial charge on any atom is 0.0641 e. The zero-order chi connectivity index (χ0) is 13.9. The van der Waals surface area contributed by atoms with Crippen molar-refractivity contribution in [3.63, 3.8) is 0 Å². The third-order valence-corrected chi connectivity index (χ3v) is 4.83. The first-order valence-electron chi connectivity index (χ1n) is 8.17. The van der Waals surface area contributed by atoms with Gasteiger partial charge >= 0.3 is 0 Å². The van der Waals surface area contributed by atoms with Crippen LogP contribution in [0.2, 0.25) is 0 Å². The van der Waals surface area contributed by atoms with Crippen LogP contribution in [0.1, 0.15) is 65.7 Å². The van der Waals surface area contributed by atoms with Gasteiger partial charge in [-0.1, -0.05) is 6.92 Å². The fourth-order valence-electron chi connectivity index (χ4n) is 3.84. The van der Waals surface area contributed by atoms with Crippen LogP contribution in [0, 0.1) is 0 Å². The summed E-state index contributed by atoms with van der Waals surface area (Å²) in [6.45, 7) is 8.93. The fraction of sp³-hybridized carbons (Fsp3) is 1.00. The molecule has 112 valence electrons. The summed E-state index contributed by atoms with van der Waals surface area (Å²) in [6.07, 6.45) is 8.62. The quantitative estimate of drug-likeness (QED) is 0.852. The molecule has 3 nitrogen and oxygen atoms in total. The molecule has 1 saturated carbocycles. The maximum atomic E-state index is 6.05. The van der Waals surface area contributed by atoms with E-state index < -0.39 is 0 Å². The van der Waals surface area contributed by atoms with Crippen molar-refractivity contribution in [2.24, 2.45) is 5.73 Å². The van der Waals surface area contributed by atoms with E-state index in [0.29, 0.717) is 12.1 Å². The number of hydrogen-bond donors (Lipinski definition) is 1. The zero-order valence-electron chi connectivity index (χ0n) is 13.0. The van der Waals surface area contributed by atoms with Crippen molar-refractivity contribution in [2.75, 3.05) is 13.2 Å². The average molecular weight is 268 g/mol. The third kappa shape index (κ3) is 4.17. The van der Waals surface area contributed by atoms with Crippen LogP contribution in [0.5, 0.6) is 0 Å². The number of nitrogens with zero attached hydrogens (tertiary/aromatic N) is 1. The first kappa shape index (κ1) is 15.3. The Bertz CT molecular complexity index is 272. The lowest BCUT2D eigenvalue weighted by molar-refractivity contribution is -0.0914. The molecule has 0 aromatic carbocycles. The van der Waals surface area contributed by atoms with Crippen molar-refractivity contribution >= 4 is 0 Å².